The molecular weight excluding hydrogens is 521 g/mol. The summed E-state index contributed by atoms with van der Waals surface area (Å²) in [5, 5.41) is 21.1. The Morgan fingerprint density at radius 1 is 1.17 bits per heavy atom. The molecule has 1 aliphatic heterocycles. The number of methoxy groups -OCH3 is 1. The summed E-state index contributed by atoms with van der Waals surface area (Å²) in [5.41, 5.74) is 5.29. The summed E-state index contributed by atoms with van der Waals surface area (Å²) in [6.07, 6.45) is 3.69. The molecule has 0 spiro atoms. The van der Waals surface area contributed by atoms with Crippen LogP contribution >= 0.6 is 0 Å². The van der Waals surface area contributed by atoms with E-state index in [1.54, 1.807) is 41.1 Å². The van der Waals surface area contributed by atoms with E-state index in [-0.39, 0.29) is 18.6 Å². The normalized spacial score (nSPS) is 15.2. The molecule has 0 radical (unpaired) electrons. The van der Waals surface area contributed by atoms with Gasteiger partial charge in [-0.2, -0.15) is 5.26 Å². The first-order chi connectivity index (χ1) is 19.9. The highest BCUT2D eigenvalue weighted by molar-refractivity contribution is 6.10. The topological polar surface area (TPSA) is 109 Å². The smallest absolute Gasteiger partial charge is 0.260 e. The maximum absolute atomic E-state index is 15.3. The number of ether oxygens (including phenoxy) is 1. The number of halogens is 1. The number of amides is 1. The van der Waals surface area contributed by atoms with Gasteiger partial charge in [-0.3, -0.25) is 9.69 Å². The number of carbonyl (C=O) groups is 1. The van der Waals surface area contributed by atoms with E-state index in [1.807, 2.05) is 32.2 Å². The highest BCUT2D eigenvalue weighted by Gasteiger charge is 2.34. The maximum atomic E-state index is 15.3. The second kappa shape index (κ2) is 10.8. The number of nitrogens with one attached hydrogen (secondary N) is 1. The lowest BCUT2D eigenvalue weighted by atomic mass is 9.96. The Balaban J connectivity index is 1.37. The Labute approximate surface area is 237 Å². The molecule has 41 heavy (non-hydrogen) atoms. The van der Waals surface area contributed by atoms with Crippen LogP contribution in [-0.4, -0.2) is 45.4 Å². The van der Waals surface area contributed by atoms with E-state index in [0.29, 0.717) is 52.9 Å². The van der Waals surface area contributed by atoms with Gasteiger partial charge in [-0.25, -0.2) is 9.37 Å². The Bertz CT molecular complexity index is 1690. The second-order valence-electron chi connectivity index (χ2n) is 10.7. The number of rotatable bonds is 9. The molecule has 1 aliphatic carbocycles. The lowest BCUT2D eigenvalue weighted by Gasteiger charge is -2.18. The molecular formula is C31H30FN7O2. The number of nitrogens with zero attached hydrogens (tertiary/aromatic N) is 6. The van der Waals surface area contributed by atoms with Gasteiger partial charge in [-0.05, 0) is 72.9 Å². The van der Waals surface area contributed by atoms with Crippen LogP contribution < -0.4 is 10.2 Å². The SMILES string of the molecule is COC(C)CNCc1cc(F)c2c(c1)C(=O)N(c1cc(-c3ccc(C#N)cc3-c3nncn3C)cc(C3CC3)n1)C2. The highest BCUT2D eigenvalue weighted by Crippen LogP contribution is 2.43. The average Bonchev–Trinajstić information content (AvgIpc) is 3.67. The first kappa shape index (κ1) is 26.7. The molecule has 3 heterocycles. The molecule has 2 aromatic carbocycles. The van der Waals surface area contributed by atoms with Gasteiger partial charge in [0.25, 0.3) is 5.91 Å². The quantitative estimate of drug-likeness (QED) is 0.321. The van der Waals surface area contributed by atoms with Crippen molar-refractivity contribution >= 4 is 11.7 Å². The van der Waals surface area contributed by atoms with Gasteiger partial charge in [-0.1, -0.05) is 6.07 Å². The van der Waals surface area contributed by atoms with Gasteiger partial charge in [-0.15, -0.1) is 10.2 Å². The molecule has 1 unspecified atom stereocenters. The summed E-state index contributed by atoms with van der Waals surface area (Å²) < 4.78 is 22.3. The molecule has 4 aromatic rings. The van der Waals surface area contributed by atoms with Crippen molar-refractivity contribution in [2.75, 3.05) is 18.6 Å². The third-order valence-electron chi connectivity index (χ3n) is 7.73. The first-order valence-corrected chi connectivity index (χ1v) is 13.6. The number of benzene rings is 2. The zero-order chi connectivity index (χ0) is 28.7. The summed E-state index contributed by atoms with van der Waals surface area (Å²) in [5.74, 6) is 0.744. The monoisotopic (exact) mass is 551 g/mol. The Morgan fingerprint density at radius 2 is 2.00 bits per heavy atom. The summed E-state index contributed by atoms with van der Waals surface area (Å²) in [6, 6.07) is 14.8. The van der Waals surface area contributed by atoms with Gasteiger partial charge >= 0.3 is 0 Å². The Kier molecular flexibility index (Phi) is 7.07. The summed E-state index contributed by atoms with van der Waals surface area (Å²) in [4.78, 5) is 20.1. The average molecular weight is 552 g/mol. The molecule has 9 nitrogen and oxygen atoms in total. The van der Waals surface area contributed by atoms with Gasteiger partial charge in [0.1, 0.15) is 18.0 Å². The molecule has 1 saturated carbocycles. The number of aryl methyl sites for hydroxylation is 1. The third kappa shape index (κ3) is 5.22. The molecule has 6 rings (SSSR count). The van der Waals surface area contributed by atoms with Crippen LogP contribution in [0.4, 0.5) is 10.2 Å². The van der Waals surface area contributed by atoms with Crippen molar-refractivity contribution in [3.63, 3.8) is 0 Å². The fraction of sp³-hybridized carbons (Fsp3) is 0.323. The van der Waals surface area contributed by atoms with Crippen LogP contribution in [0.1, 0.15) is 58.4 Å². The maximum Gasteiger partial charge on any atom is 0.260 e. The van der Waals surface area contributed by atoms with Crippen LogP contribution in [0.15, 0.2) is 48.8 Å². The van der Waals surface area contributed by atoms with Gasteiger partial charge in [0.05, 0.1) is 24.3 Å². The first-order valence-electron chi connectivity index (χ1n) is 13.6. The Hall–Kier alpha value is -4.46. The molecule has 1 fully saturated rings. The van der Waals surface area contributed by atoms with Crippen molar-refractivity contribution in [2.45, 2.75) is 44.9 Å². The van der Waals surface area contributed by atoms with E-state index in [1.165, 1.54) is 6.07 Å². The molecule has 1 atom stereocenters. The molecule has 0 bridgehead atoms. The number of hydrogen-bond donors (Lipinski definition) is 1. The summed E-state index contributed by atoms with van der Waals surface area (Å²) in [7, 11) is 3.49. The molecule has 0 saturated heterocycles. The predicted molar refractivity (Wildman–Crippen MR) is 151 cm³/mol. The highest BCUT2D eigenvalue weighted by atomic mass is 19.1. The van der Waals surface area contributed by atoms with E-state index in [4.69, 9.17) is 9.72 Å². The molecule has 10 heteroatoms. The predicted octanol–water partition coefficient (Wildman–Crippen LogP) is 4.72. The van der Waals surface area contributed by atoms with Crippen molar-refractivity contribution in [3.8, 4) is 28.6 Å². The largest absolute Gasteiger partial charge is 0.380 e. The van der Waals surface area contributed by atoms with Crippen LogP contribution in [0.2, 0.25) is 0 Å². The number of nitriles is 1. The van der Waals surface area contributed by atoms with Crippen LogP contribution in [0.3, 0.4) is 0 Å². The molecule has 208 valence electrons. The van der Waals surface area contributed by atoms with E-state index in [2.05, 4.69) is 21.6 Å². The van der Waals surface area contributed by atoms with Gasteiger partial charge in [0.2, 0.25) is 0 Å². The minimum Gasteiger partial charge on any atom is -0.380 e. The zero-order valence-corrected chi connectivity index (χ0v) is 23.2. The van der Waals surface area contributed by atoms with E-state index < -0.39 is 5.82 Å². The second-order valence-corrected chi connectivity index (χ2v) is 10.7. The Morgan fingerprint density at radius 3 is 2.71 bits per heavy atom. The summed E-state index contributed by atoms with van der Waals surface area (Å²) in [6.45, 7) is 3.09. The molecule has 2 aliphatic rings. The van der Waals surface area contributed by atoms with Crippen LogP contribution in [0.5, 0.6) is 0 Å². The standard InChI is InChI=1S/C31H30FN7O2/c1-18(41-3)14-34-15-20-9-25-26(27(32)10-20)16-39(31(25)40)29-12-22(11-28(36-29)21-5-6-21)23-7-4-19(13-33)8-24(23)30-37-35-17-38(30)2/h4,7-12,17-18,21,34H,5-6,14-16H2,1-3H3. The zero-order valence-electron chi connectivity index (χ0n) is 23.2. The number of pyridine rings is 1. The number of anilines is 1. The fourth-order valence-corrected chi connectivity index (χ4v) is 5.21. The van der Waals surface area contributed by atoms with Crippen molar-refractivity contribution in [3.05, 3.63) is 82.6 Å². The molecule has 1 amide bonds. The van der Waals surface area contributed by atoms with E-state index in [9.17, 15) is 10.1 Å². The number of carbonyl (C=O) groups excluding carboxylic acids is 1. The molecule has 2 aromatic heterocycles. The van der Waals surface area contributed by atoms with E-state index in [0.717, 1.165) is 35.2 Å². The van der Waals surface area contributed by atoms with Crippen LogP contribution in [-0.2, 0) is 24.9 Å². The summed E-state index contributed by atoms with van der Waals surface area (Å²) >= 11 is 0. The lowest BCUT2D eigenvalue weighted by molar-refractivity contribution is 0.0995. The van der Waals surface area contributed by atoms with Crippen molar-refractivity contribution in [1.82, 2.24) is 25.1 Å². The lowest BCUT2D eigenvalue weighted by Crippen LogP contribution is -2.26. The molecule has 1 N–H and O–H groups in total. The van der Waals surface area contributed by atoms with Gasteiger partial charge < -0.3 is 14.6 Å². The third-order valence-corrected chi connectivity index (χ3v) is 7.73. The van der Waals surface area contributed by atoms with Gasteiger partial charge in [0.15, 0.2) is 5.82 Å². The number of hydrogen-bond acceptors (Lipinski definition) is 7. The minimum absolute atomic E-state index is 0.0238. The fourth-order valence-electron chi connectivity index (χ4n) is 5.21. The van der Waals surface area contributed by atoms with Gasteiger partial charge in [0, 0.05) is 55.5 Å². The number of aromatic nitrogens is 4. The number of fused-ring (bicyclic) bond motifs is 1. The van der Waals surface area contributed by atoms with Crippen molar-refractivity contribution < 1.29 is 13.9 Å². The van der Waals surface area contributed by atoms with Crippen molar-refractivity contribution in [2.24, 2.45) is 7.05 Å². The van der Waals surface area contributed by atoms with E-state index >= 15 is 4.39 Å². The minimum atomic E-state index is -0.398. The van der Waals surface area contributed by atoms with Crippen molar-refractivity contribution in [1.29, 1.82) is 5.26 Å². The van der Waals surface area contributed by atoms with Crippen LogP contribution in [0, 0.1) is 17.1 Å². The van der Waals surface area contributed by atoms with Crippen LogP contribution in [0.25, 0.3) is 22.5 Å².